The largest absolute Gasteiger partial charge is 0.497 e. The molecule has 0 atom stereocenters. The van der Waals surface area contributed by atoms with E-state index in [0.29, 0.717) is 11.5 Å². The van der Waals surface area contributed by atoms with Gasteiger partial charge in [0.15, 0.2) is 0 Å². The first-order chi connectivity index (χ1) is 9.28. The van der Waals surface area contributed by atoms with Gasteiger partial charge in [-0.3, -0.25) is 4.40 Å². The molecule has 0 radical (unpaired) electrons. The van der Waals surface area contributed by atoms with E-state index in [0.717, 1.165) is 29.0 Å². The molecule has 0 spiro atoms. The molecule has 2 heterocycles. The van der Waals surface area contributed by atoms with Gasteiger partial charge in [0.05, 0.1) is 25.3 Å². The summed E-state index contributed by atoms with van der Waals surface area (Å²) in [4.78, 5) is 4.45. The molecule has 0 unspecified atom stereocenters. The molecule has 0 N–H and O–H groups in total. The van der Waals surface area contributed by atoms with Crippen molar-refractivity contribution in [1.29, 1.82) is 0 Å². The molecule has 6 nitrogen and oxygen atoms in total. The molecule has 0 amide bonds. The van der Waals surface area contributed by atoms with E-state index < -0.39 is 0 Å². The molecule has 98 valence electrons. The molecule has 0 saturated heterocycles. The van der Waals surface area contributed by atoms with E-state index in [1.54, 1.807) is 14.2 Å². The van der Waals surface area contributed by atoms with Gasteiger partial charge in [0.1, 0.15) is 11.6 Å². The Labute approximate surface area is 110 Å². The number of benzene rings is 1. The summed E-state index contributed by atoms with van der Waals surface area (Å²) in [5.41, 5.74) is 2.37. The fourth-order valence-electron chi connectivity index (χ4n) is 2.14. The van der Waals surface area contributed by atoms with E-state index in [-0.39, 0.29) is 0 Å². The first-order valence-corrected chi connectivity index (χ1v) is 6.04. The maximum absolute atomic E-state index is 5.29. The number of nitrogens with zero attached hydrogens (tertiary/aromatic N) is 4. The van der Waals surface area contributed by atoms with E-state index in [1.165, 1.54) is 0 Å². The number of aromatic nitrogens is 4. The Kier molecular flexibility index (Phi) is 2.70. The van der Waals surface area contributed by atoms with E-state index in [4.69, 9.17) is 9.47 Å². The molecule has 19 heavy (non-hydrogen) atoms. The van der Waals surface area contributed by atoms with Crippen LogP contribution in [0.25, 0.3) is 16.7 Å². The topological polar surface area (TPSA) is 61.5 Å². The average molecular weight is 258 g/mol. The van der Waals surface area contributed by atoms with Crippen LogP contribution in [0.15, 0.2) is 18.2 Å². The Morgan fingerprint density at radius 2 is 2.00 bits per heavy atom. The van der Waals surface area contributed by atoms with Crippen LogP contribution in [0, 0.1) is 0 Å². The van der Waals surface area contributed by atoms with E-state index in [2.05, 4.69) is 15.2 Å². The van der Waals surface area contributed by atoms with E-state index in [9.17, 15) is 0 Å². The molecule has 3 rings (SSSR count). The summed E-state index contributed by atoms with van der Waals surface area (Å²) in [7, 11) is 3.21. The van der Waals surface area contributed by atoms with Gasteiger partial charge in [0.2, 0.25) is 5.65 Å². The summed E-state index contributed by atoms with van der Waals surface area (Å²) in [6, 6.07) is 5.72. The summed E-state index contributed by atoms with van der Waals surface area (Å²) >= 11 is 0. The van der Waals surface area contributed by atoms with Gasteiger partial charge in [-0.1, -0.05) is 6.92 Å². The summed E-state index contributed by atoms with van der Waals surface area (Å²) < 4.78 is 12.5. The molecule has 6 heteroatoms. The van der Waals surface area contributed by atoms with Gasteiger partial charge >= 0.3 is 0 Å². The highest BCUT2D eigenvalue weighted by atomic mass is 16.5. The Morgan fingerprint density at radius 3 is 2.68 bits per heavy atom. The van der Waals surface area contributed by atoms with Crippen molar-refractivity contribution in [1.82, 2.24) is 19.6 Å². The molecule has 0 aliphatic carbocycles. The molecule has 0 saturated carbocycles. The van der Waals surface area contributed by atoms with Crippen LogP contribution in [0.2, 0.25) is 0 Å². The molecule has 0 aliphatic heterocycles. The molecule has 0 aliphatic rings. The lowest BCUT2D eigenvalue weighted by molar-refractivity contribution is 0.401. The second-order valence-electron chi connectivity index (χ2n) is 4.10. The minimum Gasteiger partial charge on any atom is -0.497 e. The maximum Gasteiger partial charge on any atom is 0.260 e. The van der Waals surface area contributed by atoms with E-state index >= 15 is 0 Å². The third kappa shape index (κ3) is 1.68. The Bertz CT molecular complexity index is 751. The highest BCUT2D eigenvalue weighted by Crippen LogP contribution is 2.26. The monoisotopic (exact) mass is 258 g/mol. The lowest BCUT2D eigenvalue weighted by Crippen LogP contribution is -2.00. The lowest BCUT2D eigenvalue weighted by atomic mass is 10.2. The zero-order chi connectivity index (χ0) is 13.4. The van der Waals surface area contributed by atoms with Crippen LogP contribution in [0.5, 0.6) is 11.6 Å². The van der Waals surface area contributed by atoms with Gasteiger partial charge in [-0.05, 0) is 12.1 Å². The second-order valence-corrected chi connectivity index (χ2v) is 4.10. The predicted octanol–water partition coefficient (Wildman–Crippen LogP) is 1.86. The zero-order valence-electron chi connectivity index (χ0n) is 11.0. The van der Waals surface area contributed by atoms with Crippen molar-refractivity contribution in [3.05, 3.63) is 24.0 Å². The Morgan fingerprint density at radius 1 is 1.16 bits per heavy atom. The van der Waals surface area contributed by atoms with Crippen molar-refractivity contribution < 1.29 is 9.47 Å². The molecular formula is C13H14N4O2. The lowest BCUT2D eigenvalue weighted by Gasteiger charge is -2.08. The molecule has 1 aromatic carbocycles. The summed E-state index contributed by atoms with van der Waals surface area (Å²) in [6.45, 7) is 2.04. The fourth-order valence-corrected chi connectivity index (χ4v) is 2.14. The number of aryl methyl sites for hydroxylation is 1. The number of methoxy groups -OCH3 is 2. The highest BCUT2D eigenvalue weighted by Gasteiger charge is 2.14. The smallest absolute Gasteiger partial charge is 0.260 e. The van der Waals surface area contributed by atoms with Crippen LogP contribution in [0.4, 0.5) is 0 Å². The quantitative estimate of drug-likeness (QED) is 0.717. The third-order valence-corrected chi connectivity index (χ3v) is 3.08. The highest BCUT2D eigenvalue weighted by molar-refractivity contribution is 5.81. The van der Waals surface area contributed by atoms with Crippen LogP contribution in [-0.2, 0) is 6.42 Å². The van der Waals surface area contributed by atoms with E-state index in [1.807, 2.05) is 29.5 Å². The molecule has 0 fully saturated rings. The molecule has 2 aromatic heterocycles. The maximum atomic E-state index is 5.29. The SMILES string of the molecule is CCc1nnc2c(OC)nc3cc(OC)ccc3n12. The van der Waals surface area contributed by atoms with Crippen LogP contribution in [0.1, 0.15) is 12.7 Å². The zero-order valence-corrected chi connectivity index (χ0v) is 11.0. The normalized spacial score (nSPS) is 11.1. The molecular weight excluding hydrogens is 244 g/mol. The van der Waals surface area contributed by atoms with Gasteiger partial charge in [-0.15, -0.1) is 10.2 Å². The first-order valence-electron chi connectivity index (χ1n) is 6.04. The number of fused-ring (bicyclic) bond motifs is 3. The number of hydrogen-bond acceptors (Lipinski definition) is 5. The second kappa shape index (κ2) is 4.38. The van der Waals surface area contributed by atoms with Gasteiger partial charge in [-0.2, -0.15) is 0 Å². The average Bonchev–Trinajstić information content (AvgIpc) is 2.89. The van der Waals surface area contributed by atoms with Crippen LogP contribution >= 0.6 is 0 Å². The van der Waals surface area contributed by atoms with Crippen LogP contribution in [-0.4, -0.2) is 33.8 Å². The van der Waals surface area contributed by atoms with Crippen LogP contribution < -0.4 is 9.47 Å². The van der Waals surface area contributed by atoms with Gasteiger partial charge in [0, 0.05) is 12.5 Å². The third-order valence-electron chi connectivity index (χ3n) is 3.08. The minimum atomic E-state index is 0.466. The predicted molar refractivity (Wildman–Crippen MR) is 70.8 cm³/mol. The van der Waals surface area contributed by atoms with Gasteiger partial charge in [0.25, 0.3) is 5.88 Å². The summed E-state index contributed by atoms with van der Waals surface area (Å²) in [5, 5.41) is 8.32. The summed E-state index contributed by atoms with van der Waals surface area (Å²) in [5.74, 6) is 2.10. The van der Waals surface area contributed by atoms with Crippen molar-refractivity contribution in [3.63, 3.8) is 0 Å². The Hall–Kier alpha value is -2.37. The van der Waals surface area contributed by atoms with Gasteiger partial charge < -0.3 is 9.47 Å². The minimum absolute atomic E-state index is 0.466. The molecule has 0 bridgehead atoms. The van der Waals surface area contributed by atoms with Crippen molar-refractivity contribution in [2.75, 3.05) is 14.2 Å². The van der Waals surface area contributed by atoms with Crippen molar-refractivity contribution in [2.24, 2.45) is 0 Å². The van der Waals surface area contributed by atoms with Crippen molar-refractivity contribution in [3.8, 4) is 11.6 Å². The van der Waals surface area contributed by atoms with Crippen LogP contribution in [0.3, 0.4) is 0 Å². The Balaban J connectivity index is 2.46. The standard InChI is InChI=1S/C13H14N4O2/c1-4-11-15-16-12-13(19-3)14-9-7-8(18-2)5-6-10(9)17(11)12/h5-7H,4H2,1-3H3. The number of rotatable bonds is 3. The molecule has 3 aromatic rings. The number of ether oxygens (including phenoxy) is 2. The first kappa shape index (κ1) is 11.7. The van der Waals surface area contributed by atoms with Crippen molar-refractivity contribution in [2.45, 2.75) is 13.3 Å². The summed E-state index contributed by atoms with van der Waals surface area (Å²) in [6.07, 6.45) is 0.787. The van der Waals surface area contributed by atoms with Crippen molar-refractivity contribution >= 4 is 16.7 Å². The number of hydrogen-bond donors (Lipinski definition) is 0. The van der Waals surface area contributed by atoms with Gasteiger partial charge in [-0.25, -0.2) is 4.98 Å². The fraction of sp³-hybridized carbons (Fsp3) is 0.308.